The second kappa shape index (κ2) is 7.54. The molecule has 1 rings (SSSR count). The van der Waals surface area contributed by atoms with Gasteiger partial charge in [0.05, 0.1) is 4.90 Å². The average molecular weight is 308 g/mol. The van der Waals surface area contributed by atoms with Gasteiger partial charge in [-0.05, 0) is 43.7 Å². The molecular formula is C16H24N2O2S. The number of nitrogens with zero attached hydrogens (tertiary/aromatic N) is 1. The third-order valence-corrected chi connectivity index (χ3v) is 5.26. The Labute approximate surface area is 128 Å². The Hall–Kier alpha value is -1.43. The van der Waals surface area contributed by atoms with Crippen molar-refractivity contribution < 1.29 is 8.42 Å². The van der Waals surface area contributed by atoms with Crippen LogP contribution in [0.25, 0.3) is 0 Å². The molecule has 0 unspecified atom stereocenters. The van der Waals surface area contributed by atoms with E-state index in [0.717, 1.165) is 16.7 Å². The molecule has 0 radical (unpaired) electrons. The second-order valence-electron chi connectivity index (χ2n) is 4.97. The topological polar surface area (TPSA) is 49.4 Å². The van der Waals surface area contributed by atoms with Crippen LogP contribution in [0.2, 0.25) is 0 Å². The maximum Gasteiger partial charge on any atom is 0.243 e. The van der Waals surface area contributed by atoms with Crippen LogP contribution in [-0.2, 0) is 16.6 Å². The fourth-order valence-corrected chi connectivity index (χ4v) is 3.87. The van der Waals surface area contributed by atoms with Gasteiger partial charge in [0.25, 0.3) is 0 Å². The number of nitrogens with one attached hydrogen (secondary N) is 1. The van der Waals surface area contributed by atoms with Crippen molar-refractivity contribution in [2.45, 2.75) is 25.3 Å². The molecule has 116 valence electrons. The Balaban J connectivity index is 3.38. The molecule has 0 amide bonds. The van der Waals surface area contributed by atoms with Gasteiger partial charge in [0.1, 0.15) is 0 Å². The van der Waals surface area contributed by atoms with Gasteiger partial charge in [-0.15, -0.1) is 13.2 Å². The van der Waals surface area contributed by atoms with E-state index in [2.05, 4.69) is 18.5 Å². The Kier molecular flexibility index (Phi) is 6.33. The largest absolute Gasteiger partial charge is 0.316 e. The van der Waals surface area contributed by atoms with Gasteiger partial charge in [-0.25, -0.2) is 8.42 Å². The molecule has 0 heterocycles. The number of hydrogen-bond donors (Lipinski definition) is 1. The zero-order valence-corrected chi connectivity index (χ0v) is 13.8. The lowest BCUT2D eigenvalue weighted by Gasteiger charge is -2.21. The summed E-state index contributed by atoms with van der Waals surface area (Å²) in [7, 11) is -1.71. The lowest BCUT2D eigenvalue weighted by atomic mass is 10.1. The highest BCUT2D eigenvalue weighted by Crippen LogP contribution is 2.24. The molecule has 0 saturated heterocycles. The van der Waals surface area contributed by atoms with E-state index in [1.54, 1.807) is 18.2 Å². The van der Waals surface area contributed by atoms with Crippen LogP contribution in [0.15, 0.2) is 42.3 Å². The molecule has 4 nitrogen and oxygen atoms in total. The van der Waals surface area contributed by atoms with Crippen molar-refractivity contribution in [3.63, 3.8) is 0 Å². The minimum atomic E-state index is -3.55. The summed E-state index contributed by atoms with van der Waals surface area (Å²) in [6, 6.07) is 3.68. The molecule has 0 aliphatic rings. The first-order valence-corrected chi connectivity index (χ1v) is 8.29. The van der Waals surface area contributed by atoms with Gasteiger partial charge in [-0.3, -0.25) is 0 Å². The normalized spacial score (nSPS) is 11.6. The lowest BCUT2D eigenvalue weighted by Crippen LogP contribution is -2.32. The Morgan fingerprint density at radius 1 is 1.14 bits per heavy atom. The van der Waals surface area contributed by atoms with Crippen molar-refractivity contribution in [2.75, 3.05) is 20.1 Å². The van der Waals surface area contributed by atoms with E-state index in [-0.39, 0.29) is 13.1 Å². The standard InChI is InChI=1S/C16H24N2O2S/c1-6-8-18(9-7-2)21(19,20)16-11-15(12-17-5)13(3)10-14(16)4/h6-7,10-11,17H,1-2,8-9,12H2,3-5H3. The highest BCUT2D eigenvalue weighted by molar-refractivity contribution is 7.89. The monoisotopic (exact) mass is 308 g/mol. The lowest BCUT2D eigenvalue weighted by molar-refractivity contribution is 0.473. The predicted molar refractivity (Wildman–Crippen MR) is 87.8 cm³/mol. The van der Waals surface area contributed by atoms with Crippen LogP contribution in [-0.4, -0.2) is 32.9 Å². The molecule has 0 aliphatic carbocycles. The van der Waals surface area contributed by atoms with Gasteiger partial charge in [-0.1, -0.05) is 18.2 Å². The molecule has 0 aliphatic heterocycles. The molecule has 1 aromatic carbocycles. The van der Waals surface area contributed by atoms with Gasteiger partial charge >= 0.3 is 0 Å². The van der Waals surface area contributed by atoms with Crippen molar-refractivity contribution in [1.29, 1.82) is 0 Å². The average Bonchev–Trinajstić information content (AvgIpc) is 2.41. The van der Waals surface area contributed by atoms with E-state index < -0.39 is 10.0 Å². The Morgan fingerprint density at radius 2 is 1.71 bits per heavy atom. The molecule has 0 atom stereocenters. The molecule has 0 spiro atoms. The van der Waals surface area contributed by atoms with Gasteiger partial charge < -0.3 is 5.32 Å². The van der Waals surface area contributed by atoms with E-state index in [1.807, 2.05) is 27.0 Å². The molecular weight excluding hydrogens is 284 g/mol. The number of hydrogen-bond acceptors (Lipinski definition) is 3. The van der Waals surface area contributed by atoms with Crippen LogP contribution in [0.4, 0.5) is 0 Å². The van der Waals surface area contributed by atoms with Crippen LogP contribution in [0.5, 0.6) is 0 Å². The summed E-state index contributed by atoms with van der Waals surface area (Å²) in [6.07, 6.45) is 3.16. The number of rotatable bonds is 8. The maximum absolute atomic E-state index is 12.8. The molecule has 5 heteroatoms. The minimum Gasteiger partial charge on any atom is -0.316 e. The van der Waals surface area contributed by atoms with Crippen LogP contribution in [0, 0.1) is 13.8 Å². The fraction of sp³-hybridized carbons (Fsp3) is 0.375. The van der Waals surface area contributed by atoms with E-state index in [4.69, 9.17) is 0 Å². The van der Waals surface area contributed by atoms with Crippen LogP contribution < -0.4 is 5.32 Å². The number of benzene rings is 1. The molecule has 0 saturated carbocycles. The first-order valence-electron chi connectivity index (χ1n) is 6.85. The maximum atomic E-state index is 12.8. The SMILES string of the molecule is C=CCN(CC=C)S(=O)(=O)c1cc(CNC)c(C)cc1C. The first kappa shape index (κ1) is 17.6. The second-order valence-corrected chi connectivity index (χ2v) is 6.88. The van der Waals surface area contributed by atoms with Gasteiger partial charge in [-0.2, -0.15) is 4.31 Å². The molecule has 1 aromatic rings. The minimum absolute atomic E-state index is 0.267. The molecule has 21 heavy (non-hydrogen) atoms. The van der Waals surface area contributed by atoms with Crippen molar-refractivity contribution >= 4 is 10.0 Å². The van der Waals surface area contributed by atoms with E-state index in [0.29, 0.717) is 11.4 Å². The summed E-state index contributed by atoms with van der Waals surface area (Å²) in [5, 5.41) is 3.06. The summed E-state index contributed by atoms with van der Waals surface area (Å²) in [6.45, 7) is 12.2. The van der Waals surface area contributed by atoms with Crippen molar-refractivity contribution in [1.82, 2.24) is 9.62 Å². The summed E-state index contributed by atoms with van der Waals surface area (Å²) >= 11 is 0. The summed E-state index contributed by atoms with van der Waals surface area (Å²) < 4.78 is 27.0. The number of aryl methyl sites for hydroxylation is 2. The molecule has 0 bridgehead atoms. The smallest absolute Gasteiger partial charge is 0.243 e. The third kappa shape index (κ3) is 4.03. The predicted octanol–water partition coefficient (Wildman–Crippen LogP) is 2.39. The van der Waals surface area contributed by atoms with Crippen LogP contribution in [0.3, 0.4) is 0 Å². The van der Waals surface area contributed by atoms with Gasteiger partial charge in [0, 0.05) is 19.6 Å². The van der Waals surface area contributed by atoms with E-state index >= 15 is 0 Å². The van der Waals surface area contributed by atoms with Crippen LogP contribution >= 0.6 is 0 Å². The van der Waals surface area contributed by atoms with Crippen molar-refractivity contribution in [3.8, 4) is 0 Å². The highest BCUT2D eigenvalue weighted by Gasteiger charge is 2.25. The van der Waals surface area contributed by atoms with E-state index in [1.165, 1.54) is 4.31 Å². The zero-order chi connectivity index (χ0) is 16.0. The number of sulfonamides is 1. The highest BCUT2D eigenvalue weighted by atomic mass is 32.2. The summed E-state index contributed by atoms with van der Waals surface area (Å²) in [5.41, 5.74) is 2.82. The quantitative estimate of drug-likeness (QED) is 0.750. The Morgan fingerprint density at radius 3 is 2.19 bits per heavy atom. The van der Waals surface area contributed by atoms with Crippen LogP contribution in [0.1, 0.15) is 16.7 Å². The molecule has 0 aromatic heterocycles. The fourth-order valence-electron chi connectivity index (χ4n) is 2.23. The van der Waals surface area contributed by atoms with Gasteiger partial charge in [0.15, 0.2) is 0 Å². The van der Waals surface area contributed by atoms with Gasteiger partial charge in [0.2, 0.25) is 10.0 Å². The first-order chi connectivity index (χ1) is 9.88. The Bertz CT molecular complexity index is 611. The third-order valence-electron chi connectivity index (χ3n) is 3.28. The molecule has 1 N–H and O–H groups in total. The van der Waals surface area contributed by atoms with Crippen molar-refractivity contribution in [2.24, 2.45) is 0 Å². The zero-order valence-electron chi connectivity index (χ0n) is 13.0. The summed E-state index contributed by atoms with van der Waals surface area (Å²) in [4.78, 5) is 0.349. The summed E-state index contributed by atoms with van der Waals surface area (Å²) in [5.74, 6) is 0. The molecule has 0 fully saturated rings. The van der Waals surface area contributed by atoms with E-state index in [9.17, 15) is 8.42 Å². The van der Waals surface area contributed by atoms with Crippen molar-refractivity contribution in [3.05, 3.63) is 54.1 Å².